The quantitative estimate of drug-likeness (QED) is 0.319. The molecule has 43 heavy (non-hydrogen) atoms. The number of benzene rings is 2. The Hall–Kier alpha value is -3.03. The van der Waals surface area contributed by atoms with Gasteiger partial charge in [-0.1, -0.05) is 32.7 Å². The number of amides is 1. The second-order valence-electron chi connectivity index (χ2n) is 10.4. The molecule has 7 atom stereocenters. The Morgan fingerprint density at radius 1 is 1.26 bits per heavy atom. The first-order valence-corrected chi connectivity index (χ1v) is 14.5. The highest BCUT2D eigenvalue weighted by Gasteiger charge is 2.52. The van der Waals surface area contributed by atoms with Crippen molar-refractivity contribution in [2.45, 2.75) is 61.9 Å². The number of carbonyl (C=O) groups excluding carboxylic acids is 1. The molecule has 0 bridgehead atoms. The fraction of sp³-hybridized carbons (Fsp3) is 0.429. The van der Waals surface area contributed by atoms with Gasteiger partial charge in [0.25, 0.3) is 5.91 Å². The van der Waals surface area contributed by atoms with Gasteiger partial charge in [-0.25, -0.2) is 13.5 Å². The molecule has 2 aromatic carbocycles. The molecule has 3 N–H and O–H groups in total. The predicted molar refractivity (Wildman–Crippen MR) is 152 cm³/mol. The lowest BCUT2D eigenvalue weighted by Gasteiger charge is -2.45. The highest BCUT2D eigenvalue weighted by Crippen LogP contribution is 2.37. The standard InChI is InChI=1S/C28H27BrClF2N5O6/c1-42-26-24(36-11-19(34-35-36)14-7-17(31)23(30)18(32)8-14)25(40)22(12-38)43-27(26)28(41)37(20-3-2-4-21(20)39)16-6-13(10-33)5-15(29)9-16/h5-9,11,20-22,24-27,38-40H,2-4,12H2,1H3/t20-,21-,22?,24?,25?,26?,27?/m0/s1. The number of nitriles is 1. The second-order valence-corrected chi connectivity index (χ2v) is 11.7. The zero-order chi connectivity index (χ0) is 31.0. The predicted octanol–water partition coefficient (Wildman–Crippen LogP) is 3.13. The number of aliphatic hydroxyl groups is 3. The average molecular weight is 683 g/mol. The normalized spacial score (nSPS) is 27.2. The first-order chi connectivity index (χ1) is 20.6. The Morgan fingerprint density at radius 2 is 1.98 bits per heavy atom. The summed E-state index contributed by atoms with van der Waals surface area (Å²) in [5, 5.41) is 49.0. The summed E-state index contributed by atoms with van der Waals surface area (Å²) in [7, 11) is 1.30. The van der Waals surface area contributed by atoms with Crippen molar-refractivity contribution in [1.29, 1.82) is 5.26 Å². The number of aromatic nitrogens is 3. The molecule has 2 fully saturated rings. The van der Waals surface area contributed by atoms with Crippen molar-refractivity contribution >= 4 is 39.1 Å². The van der Waals surface area contributed by atoms with Crippen LogP contribution in [0.2, 0.25) is 5.02 Å². The van der Waals surface area contributed by atoms with Gasteiger partial charge in [0.2, 0.25) is 0 Å². The summed E-state index contributed by atoms with van der Waals surface area (Å²) in [5.41, 5.74) is 0.671. The van der Waals surface area contributed by atoms with Crippen LogP contribution in [0.5, 0.6) is 0 Å². The van der Waals surface area contributed by atoms with E-state index in [2.05, 4.69) is 32.3 Å². The van der Waals surface area contributed by atoms with Crippen LogP contribution in [0, 0.1) is 23.0 Å². The van der Waals surface area contributed by atoms with E-state index < -0.39 is 71.8 Å². The molecule has 0 spiro atoms. The van der Waals surface area contributed by atoms with Crippen LogP contribution in [0.25, 0.3) is 11.3 Å². The molecule has 1 amide bonds. The topological polar surface area (TPSA) is 154 Å². The van der Waals surface area contributed by atoms with Crippen LogP contribution in [0.1, 0.15) is 30.9 Å². The number of hydrogen-bond acceptors (Lipinski definition) is 9. The highest BCUT2D eigenvalue weighted by atomic mass is 79.9. The number of aliphatic hydroxyl groups excluding tert-OH is 3. The maximum atomic E-state index is 14.4. The smallest absolute Gasteiger partial charge is 0.259 e. The summed E-state index contributed by atoms with van der Waals surface area (Å²) in [6, 6.07) is 6.95. The fourth-order valence-electron chi connectivity index (χ4n) is 5.74. The van der Waals surface area contributed by atoms with Crippen molar-refractivity contribution in [2.75, 3.05) is 18.6 Å². The summed E-state index contributed by atoms with van der Waals surface area (Å²) in [4.78, 5) is 15.8. The molecule has 3 aromatic rings. The maximum absolute atomic E-state index is 14.4. The number of hydrogen-bond donors (Lipinski definition) is 3. The van der Waals surface area contributed by atoms with Gasteiger partial charge in [-0.2, -0.15) is 5.26 Å². The Kier molecular flexibility index (Phi) is 9.43. The van der Waals surface area contributed by atoms with E-state index in [9.17, 15) is 34.2 Å². The van der Waals surface area contributed by atoms with Crippen molar-refractivity contribution in [2.24, 2.45) is 0 Å². The van der Waals surface area contributed by atoms with Crippen LogP contribution in [0.15, 0.2) is 41.0 Å². The Labute approximate surface area is 258 Å². The van der Waals surface area contributed by atoms with E-state index in [-0.39, 0.29) is 16.8 Å². The van der Waals surface area contributed by atoms with E-state index >= 15 is 0 Å². The molecule has 2 aliphatic rings. The second kappa shape index (κ2) is 12.9. The van der Waals surface area contributed by atoms with E-state index in [1.165, 1.54) is 29.0 Å². The van der Waals surface area contributed by atoms with Gasteiger partial charge in [-0.3, -0.25) is 4.79 Å². The molecule has 1 aliphatic heterocycles. The first kappa shape index (κ1) is 31.4. The van der Waals surface area contributed by atoms with Gasteiger partial charge in [0.05, 0.1) is 36.6 Å². The van der Waals surface area contributed by atoms with Crippen molar-refractivity contribution in [3.63, 3.8) is 0 Å². The van der Waals surface area contributed by atoms with Crippen LogP contribution >= 0.6 is 27.5 Å². The van der Waals surface area contributed by atoms with E-state index in [4.69, 9.17) is 21.1 Å². The van der Waals surface area contributed by atoms with Gasteiger partial charge < -0.3 is 29.7 Å². The summed E-state index contributed by atoms with van der Waals surface area (Å²) < 4.78 is 41.6. The summed E-state index contributed by atoms with van der Waals surface area (Å²) in [6.07, 6.45) is -3.30. The van der Waals surface area contributed by atoms with Crippen LogP contribution in [0.3, 0.4) is 0 Å². The Morgan fingerprint density at radius 3 is 2.58 bits per heavy atom. The van der Waals surface area contributed by atoms with Crippen molar-refractivity contribution in [1.82, 2.24) is 15.0 Å². The molecule has 5 rings (SSSR count). The molecule has 15 heteroatoms. The molecule has 1 saturated heterocycles. The van der Waals surface area contributed by atoms with E-state index in [1.54, 1.807) is 12.1 Å². The van der Waals surface area contributed by atoms with Gasteiger partial charge in [-0.05, 0) is 49.6 Å². The number of halogens is 4. The highest BCUT2D eigenvalue weighted by molar-refractivity contribution is 9.10. The largest absolute Gasteiger partial charge is 0.394 e. The van der Waals surface area contributed by atoms with Crippen molar-refractivity contribution < 1.29 is 38.4 Å². The number of ether oxygens (including phenoxy) is 2. The van der Waals surface area contributed by atoms with Crippen LogP contribution in [-0.2, 0) is 14.3 Å². The molecule has 2 heterocycles. The summed E-state index contributed by atoms with van der Waals surface area (Å²) in [6.45, 7) is -0.672. The van der Waals surface area contributed by atoms with Crippen molar-refractivity contribution in [3.05, 3.63) is 63.2 Å². The molecular weight excluding hydrogens is 656 g/mol. The number of anilines is 1. The third-order valence-corrected chi connectivity index (χ3v) is 8.60. The Bertz CT molecular complexity index is 1530. The lowest BCUT2D eigenvalue weighted by Crippen LogP contribution is -2.62. The zero-order valence-corrected chi connectivity index (χ0v) is 25.0. The van der Waals surface area contributed by atoms with Gasteiger partial charge in [0.15, 0.2) is 6.10 Å². The van der Waals surface area contributed by atoms with E-state index in [1.807, 2.05) is 0 Å². The number of carbonyl (C=O) groups is 1. The van der Waals surface area contributed by atoms with E-state index in [0.29, 0.717) is 29.4 Å². The molecule has 228 valence electrons. The van der Waals surface area contributed by atoms with Crippen LogP contribution < -0.4 is 4.90 Å². The minimum absolute atomic E-state index is 0.0249. The third kappa shape index (κ3) is 6.03. The molecular formula is C28H27BrClF2N5O6. The van der Waals surface area contributed by atoms with E-state index in [0.717, 1.165) is 12.1 Å². The lowest BCUT2D eigenvalue weighted by atomic mass is 9.91. The van der Waals surface area contributed by atoms with Gasteiger partial charge in [0.1, 0.15) is 46.7 Å². The number of rotatable bonds is 7. The molecule has 1 saturated carbocycles. The fourth-order valence-corrected chi connectivity index (χ4v) is 6.33. The molecule has 1 aromatic heterocycles. The average Bonchev–Trinajstić information content (AvgIpc) is 3.64. The summed E-state index contributed by atoms with van der Waals surface area (Å²) >= 11 is 8.97. The number of nitrogens with zero attached hydrogens (tertiary/aromatic N) is 5. The Balaban J connectivity index is 1.55. The first-order valence-electron chi connectivity index (χ1n) is 13.3. The van der Waals surface area contributed by atoms with Gasteiger partial charge in [-0.15, -0.1) is 5.10 Å². The van der Waals surface area contributed by atoms with Crippen LogP contribution in [0.4, 0.5) is 14.5 Å². The molecule has 11 nitrogen and oxygen atoms in total. The molecule has 5 unspecified atom stereocenters. The minimum Gasteiger partial charge on any atom is -0.394 e. The lowest BCUT2D eigenvalue weighted by molar-refractivity contribution is -0.211. The third-order valence-electron chi connectivity index (χ3n) is 7.78. The zero-order valence-electron chi connectivity index (χ0n) is 22.6. The minimum atomic E-state index is -1.45. The van der Waals surface area contributed by atoms with Crippen molar-refractivity contribution in [3.8, 4) is 17.3 Å². The van der Waals surface area contributed by atoms with Gasteiger partial charge in [0, 0.05) is 22.8 Å². The van der Waals surface area contributed by atoms with Crippen LogP contribution in [-0.4, -0.2) is 86.5 Å². The monoisotopic (exact) mass is 681 g/mol. The number of methoxy groups -OCH3 is 1. The summed E-state index contributed by atoms with van der Waals surface area (Å²) in [5.74, 6) is -2.64. The van der Waals surface area contributed by atoms with Gasteiger partial charge >= 0.3 is 0 Å². The SMILES string of the molecule is COC1C(C(=O)N(c2cc(Br)cc(C#N)c2)[C@H]2CCC[C@@H]2O)OC(CO)C(O)C1n1cc(-c2cc(F)c(Cl)c(F)c2)nn1. The molecule has 0 radical (unpaired) electrons. The molecule has 1 aliphatic carbocycles. The maximum Gasteiger partial charge on any atom is 0.259 e.